The summed E-state index contributed by atoms with van der Waals surface area (Å²) in [6.45, 7) is 0. The number of H-pyrrole nitrogens is 1. The van der Waals surface area contributed by atoms with Crippen LogP contribution in [-0.2, 0) is 12.8 Å². The third-order valence-corrected chi connectivity index (χ3v) is 4.57. The highest BCUT2D eigenvalue weighted by Gasteiger charge is 2.10. The van der Waals surface area contributed by atoms with Crippen molar-refractivity contribution in [1.29, 1.82) is 0 Å². The lowest BCUT2D eigenvalue weighted by molar-refractivity contribution is 0.379. The molecule has 0 aliphatic heterocycles. The van der Waals surface area contributed by atoms with E-state index in [4.69, 9.17) is 10.3 Å². The Bertz CT molecular complexity index is 1260. The number of aromatic amines is 1. The number of fused-ring (bicyclic) bond motifs is 2. The summed E-state index contributed by atoms with van der Waals surface area (Å²) < 4.78 is 5.43. The van der Waals surface area contributed by atoms with E-state index in [1.54, 1.807) is 6.20 Å². The Morgan fingerprint density at radius 3 is 2.89 bits per heavy atom. The normalized spacial score (nSPS) is 11.4. The first kappa shape index (κ1) is 15.5. The molecule has 0 unspecified atom stereocenters. The van der Waals surface area contributed by atoms with E-state index in [1.165, 1.54) is 10.9 Å². The van der Waals surface area contributed by atoms with Crippen LogP contribution in [0.2, 0.25) is 0 Å². The third-order valence-electron chi connectivity index (χ3n) is 4.57. The van der Waals surface area contributed by atoms with Crippen LogP contribution in [0, 0.1) is 0 Å². The average molecular weight is 356 g/mol. The molecule has 0 atom stereocenters. The number of rotatable bonds is 4. The Hall–Kier alpha value is -3.74. The van der Waals surface area contributed by atoms with Crippen molar-refractivity contribution < 1.29 is 4.52 Å². The second-order valence-electron chi connectivity index (χ2n) is 6.41. The molecule has 0 bridgehead atoms. The maximum Gasteiger partial charge on any atom is 0.227 e. The van der Waals surface area contributed by atoms with E-state index >= 15 is 0 Å². The monoisotopic (exact) mass is 356 g/mol. The fraction of sp³-hybridized carbons (Fsp3) is 0.100. The molecule has 0 radical (unpaired) electrons. The van der Waals surface area contributed by atoms with Crippen molar-refractivity contribution in [2.45, 2.75) is 12.8 Å². The van der Waals surface area contributed by atoms with Gasteiger partial charge in [-0.05, 0) is 53.8 Å². The quantitative estimate of drug-likeness (QED) is 0.510. The van der Waals surface area contributed by atoms with Crippen LogP contribution >= 0.6 is 0 Å². The molecule has 5 rings (SSSR count). The molecule has 5 aromatic rings. The molecule has 132 valence electrons. The SMILES string of the molecule is Nc1ncc2cc(-c3noc(CCc4ccc5[nH]ccc5c4)n3)ccc2n1. The van der Waals surface area contributed by atoms with Gasteiger partial charge in [-0.2, -0.15) is 4.98 Å². The number of anilines is 1. The van der Waals surface area contributed by atoms with Crippen molar-refractivity contribution in [1.82, 2.24) is 25.1 Å². The number of nitrogen functional groups attached to an aromatic ring is 1. The molecule has 0 aliphatic carbocycles. The zero-order valence-corrected chi connectivity index (χ0v) is 14.4. The van der Waals surface area contributed by atoms with Gasteiger partial charge >= 0.3 is 0 Å². The lowest BCUT2D eigenvalue weighted by Crippen LogP contribution is -1.94. The second kappa shape index (κ2) is 6.21. The van der Waals surface area contributed by atoms with Crippen molar-refractivity contribution in [2.24, 2.45) is 0 Å². The molecule has 27 heavy (non-hydrogen) atoms. The lowest BCUT2D eigenvalue weighted by Gasteiger charge is -2.00. The van der Waals surface area contributed by atoms with Gasteiger partial charge in [0.2, 0.25) is 17.7 Å². The molecule has 3 heterocycles. The Kier molecular flexibility index (Phi) is 3.57. The van der Waals surface area contributed by atoms with E-state index in [0.717, 1.165) is 28.4 Å². The summed E-state index contributed by atoms with van der Waals surface area (Å²) in [5.41, 5.74) is 9.64. The highest BCUT2D eigenvalue weighted by Crippen LogP contribution is 2.22. The van der Waals surface area contributed by atoms with Crippen LogP contribution in [-0.4, -0.2) is 25.1 Å². The molecular formula is C20H16N6O. The molecule has 3 N–H and O–H groups in total. The van der Waals surface area contributed by atoms with E-state index in [0.29, 0.717) is 18.1 Å². The van der Waals surface area contributed by atoms with Crippen molar-refractivity contribution in [3.8, 4) is 11.4 Å². The molecule has 2 aromatic carbocycles. The second-order valence-corrected chi connectivity index (χ2v) is 6.41. The standard InChI is InChI=1S/C20H16N6O/c21-20-23-11-15-10-14(3-5-17(15)24-20)19-25-18(27-26-19)6-2-12-1-4-16-13(9-12)7-8-22-16/h1,3-5,7-11,22H,2,6H2,(H2,21,23,24). The summed E-state index contributed by atoms with van der Waals surface area (Å²) in [5, 5.41) is 6.20. The predicted molar refractivity (Wildman–Crippen MR) is 103 cm³/mol. The Morgan fingerprint density at radius 2 is 1.93 bits per heavy atom. The third kappa shape index (κ3) is 2.99. The van der Waals surface area contributed by atoms with Gasteiger partial charge in [0.1, 0.15) is 0 Å². The van der Waals surface area contributed by atoms with E-state index in [2.05, 4.69) is 49.4 Å². The Labute approximate surface area is 154 Å². The van der Waals surface area contributed by atoms with Crippen LogP contribution in [0.15, 0.2) is 59.4 Å². The topological polar surface area (TPSA) is 107 Å². The number of nitrogens with two attached hydrogens (primary N) is 1. The van der Waals surface area contributed by atoms with Crippen LogP contribution in [0.4, 0.5) is 5.95 Å². The summed E-state index contributed by atoms with van der Waals surface area (Å²) in [7, 11) is 0. The summed E-state index contributed by atoms with van der Waals surface area (Å²) in [5.74, 6) is 1.44. The molecule has 0 aliphatic rings. The fourth-order valence-electron chi connectivity index (χ4n) is 3.17. The molecule has 3 aromatic heterocycles. The highest BCUT2D eigenvalue weighted by molar-refractivity contribution is 5.83. The number of nitrogens with zero attached hydrogens (tertiary/aromatic N) is 4. The first-order chi connectivity index (χ1) is 13.2. The summed E-state index contributed by atoms with van der Waals surface area (Å²) in [6.07, 6.45) is 5.17. The van der Waals surface area contributed by atoms with E-state index < -0.39 is 0 Å². The van der Waals surface area contributed by atoms with Crippen LogP contribution in [0.3, 0.4) is 0 Å². The van der Waals surface area contributed by atoms with Gasteiger partial charge in [-0.1, -0.05) is 11.2 Å². The van der Waals surface area contributed by atoms with Gasteiger partial charge in [0, 0.05) is 35.3 Å². The average Bonchev–Trinajstić information content (AvgIpc) is 3.35. The van der Waals surface area contributed by atoms with Crippen molar-refractivity contribution in [2.75, 3.05) is 5.73 Å². The number of benzene rings is 2. The van der Waals surface area contributed by atoms with E-state index in [9.17, 15) is 0 Å². The van der Waals surface area contributed by atoms with Gasteiger partial charge in [-0.25, -0.2) is 9.97 Å². The van der Waals surface area contributed by atoms with Crippen LogP contribution in [0.1, 0.15) is 11.5 Å². The lowest BCUT2D eigenvalue weighted by atomic mass is 10.1. The summed E-state index contributed by atoms with van der Waals surface area (Å²) in [6, 6.07) is 14.2. The molecule has 0 fully saturated rings. The largest absolute Gasteiger partial charge is 0.368 e. The summed E-state index contributed by atoms with van der Waals surface area (Å²) in [4.78, 5) is 15.9. The number of nitrogens with one attached hydrogen (secondary N) is 1. The van der Waals surface area contributed by atoms with Crippen molar-refractivity contribution in [3.05, 3.63) is 66.3 Å². The molecular weight excluding hydrogens is 340 g/mol. The van der Waals surface area contributed by atoms with Gasteiger partial charge in [-0.15, -0.1) is 0 Å². The Morgan fingerprint density at radius 1 is 0.963 bits per heavy atom. The van der Waals surface area contributed by atoms with Gasteiger partial charge < -0.3 is 15.2 Å². The van der Waals surface area contributed by atoms with Gasteiger partial charge in [-0.3, -0.25) is 0 Å². The molecule has 7 nitrogen and oxygen atoms in total. The molecule has 0 amide bonds. The first-order valence-corrected chi connectivity index (χ1v) is 8.66. The van der Waals surface area contributed by atoms with Gasteiger partial charge in [0.15, 0.2) is 0 Å². The fourth-order valence-corrected chi connectivity index (χ4v) is 3.17. The van der Waals surface area contributed by atoms with Crippen LogP contribution < -0.4 is 5.73 Å². The minimum atomic E-state index is 0.259. The molecule has 0 spiro atoms. The number of aryl methyl sites for hydroxylation is 2. The van der Waals surface area contributed by atoms with Crippen LogP contribution in [0.5, 0.6) is 0 Å². The van der Waals surface area contributed by atoms with Gasteiger partial charge in [0.25, 0.3) is 0 Å². The predicted octanol–water partition coefficient (Wildman–Crippen LogP) is 3.53. The number of hydrogen-bond donors (Lipinski definition) is 2. The van der Waals surface area contributed by atoms with Crippen molar-refractivity contribution >= 4 is 27.8 Å². The van der Waals surface area contributed by atoms with Gasteiger partial charge in [0.05, 0.1) is 5.52 Å². The number of hydrogen-bond acceptors (Lipinski definition) is 6. The maximum absolute atomic E-state index is 5.62. The van der Waals surface area contributed by atoms with Crippen molar-refractivity contribution in [3.63, 3.8) is 0 Å². The zero-order valence-electron chi connectivity index (χ0n) is 14.4. The smallest absolute Gasteiger partial charge is 0.227 e. The van der Waals surface area contributed by atoms with E-state index in [1.807, 2.05) is 24.4 Å². The zero-order chi connectivity index (χ0) is 18.2. The molecule has 0 saturated carbocycles. The summed E-state index contributed by atoms with van der Waals surface area (Å²) >= 11 is 0. The van der Waals surface area contributed by atoms with Crippen LogP contribution in [0.25, 0.3) is 33.2 Å². The van der Waals surface area contributed by atoms with E-state index in [-0.39, 0.29) is 5.95 Å². The minimum absolute atomic E-state index is 0.259. The Balaban J connectivity index is 1.35. The number of aromatic nitrogens is 5. The minimum Gasteiger partial charge on any atom is -0.368 e. The maximum atomic E-state index is 5.62. The molecule has 0 saturated heterocycles. The highest BCUT2D eigenvalue weighted by atomic mass is 16.5. The first-order valence-electron chi connectivity index (χ1n) is 8.66. The molecule has 7 heteroatoms.